The number of hydrogen-bond acceptors (Lipinski definition) is 6. The van der Waals surface area contributed by atoms with Crippen LogP contribution in [0.4, 0.5) is 5.69 Å². The van der Waals surface area contributed by atoms with Crippen LogP contribution in [-0.4, -0.2) is 39.8 Å². The minimum atomic E-state index is -1.55. The van der Waals surface area contributed by atoms with E-state index in [2.05, 4.69) is 4.74 Å². The van der Waals surface area contributed by atoms with E-state index >= 15 is 0 Å². The molecular formula is C17H26N2O4. The van der Waals surface area contributed by atoms with Crippen molar-refractivity contribution in [3.63, 3.8) is 0 Å². The fraction of sp³-hybridized carbons (Fsp3) is 0.529. The molecule has 1 rings (SSSR count). The van der Waals surface area contributed by atoms with Crippen LogP contribution >= 0.6 is 0 Å². The molecule has 2 N–H and O–H groups in total. The second-order valence-electron chi connectivity index (χ2n) is 5.66. The van der Waals surface area contributed by atoms with Crippen LogP contribution in [-0.2, 0) is 24.6 Å². The molecule has 1 aromatic carbocycles. The van der Waals surface area contributed by atoms with Gasteiger partial charge in [-0.2, -0.15) is 0 Å². The van der Waals surface area contributed by atoms with Crippen molar-refractivity contribution in [2.24, 2.45) is 5.73 Å². The molecule has 23 heavy (non-hydrogen) atoms. The van der Waals surface area contributed by atoms with Gasteiger partial charge in [0.1, 0.15) is 0 Å². The van der Waals surface area contributed by atoms with Gasteiger partial charge in [-0.15, -0.1) is 0 Å². The van der Waals surface area contributed by atoms with Crippen LogP contribution in [0.2, 0.25) is 0 Å². The SMILES string of the molecule is CCCCOC(=O)C(N)(CC(=O)OC)c1ccc(N(C)C)cc1. The topological polar surface area (TPSA) is 81.9 Å². The summed E-state index contributed by atoms with van der Waals surface area (Å²) in [4.78, 5) is 26.1. The summed E-state index contributed by atoms with van der Waals surface area (Å²) in [5.41, 5.74) is 6.20. The van der Waals surface area contributed by atoms with Crippen molar-refractivity contribution in [2.45, 2.75) is 31.7 Å². The Hall–Kier alpha value is -2.08. The molecule has 0 saturated carbocycles. The first-order chi connectivity index (χ1) is 10.8. The zero-order chi connectivity index (χ0) is 17.5. The predicted octanol–water partition coefficient (Wildman–Crippen LogP) is 1.81. The van der Waals surface area contributed by atoms with Gasteiger partial charge in [-0.05, 0) is 24.1 Å². The number of rotatable bonds is 8. The van der Waals surface area contributed by atoms with E-state index in [1.54, 1.807) is 12.1 Å². The van der Waals surface area contributed by atoms with Gasteiger partial charge in [0.15, 0.2) is 5.54 Å². The molecule has 0 aliphatic heterocycles. The Kier molecular flexibility index (Phi) is 7.03. The lowest BCUT2D eigenvalue weighted by Crippen LogP contribution is -2.48. The first-order valence-corrected chi connectivity index (χ1v) is 7.66. The molecule has 6 heteroatoms. The Bertz CT molecular complexity index is 528. The normalized spacial score (nSPS) is 13.1. The molecule has 0 fully saturated rings. The molecule has 1 unspecified atom stereocenters. The number of nitrogens with two attached hydrogens (primary N) is 1. The number of nitrogens with zero attached hydrogens (tertiary/aromatic N) is 1. The van der Waals surface area contributed by atoms with E-state index in [0.29, 0.717) is 5.56 Å². The maximum Gasteiger partial charge on any atom is 0.331 e. The summed E-state index contributed by atoms with van der Waals surface area (Å²) in [5, 5.41) is 0. The number of carbonyl (C=O) groups excluding carboxylic acids is 2. The van der Waals surface area contributed by atoms with Gasteiger partial charge < -0.3 is 20.1 Å². The molecule has 0 radical (unpaired) electrons. The van der Waals surface area contributed by atoms with Gasteiger partial charge in [0.05, 0.1) is 20.1 Å². The first-order valence-electron chi connectivity index (χ1n) is 7.66. The Morgan fingerprint density at radius 3 is 2.30 bits per heavy atom. The second-order valence-corrected chi connectivity index (χ2v) is 5.66. The summed E-state index contributed by atoms with van der Waals surface area (Å²) in [6.07, 6.45) is 1.38. The lowest BCUT2D eigenvalue weighted by molar-refractivity contribution is -0.156. The van der Waals surface area contributed by atoms with E-state index in [0.717, 1.165) is 18.5 Å². The van der Waals surface area contributed by atoms with E-state index in [1.807, 2.05) is 38.1 Å². The molecule has 0 saturated heterocycles. The van der Waals surface area contributed by atoms with E-state index in [-0.39, 0.29) is 13.0 Å². The quantitative estimate of drug-likeness (QED) is 0.581. The van der Waals surface area contributed by atoms with E-state index in [1.165, 1.54) is 7.11 Å². The standard InChI is InChI=1S/C17H26N2O4/c1-5-6-11-23-16(21)17(18,12-15(20)22-4)13-7-9-14(10-8-13)19(2)3/h7-10H,5-6,11-12,18H2,1-4H3. The number of benzene rings is 1. The minimum absolute atomic E-state index is 0.268. The van der Waals surface area contributed by atoms with Gasteiger partial charge in [0.2, 0.25) is 0 Å². The van der Waals surface area contributed by atoms with Crippen molar-refractivity contribution in [3.05, 3.63) is 29.8 Å². The highest BCUT2D eigenvalue weighted by molar-refractivity contribution is 5.88. The van der Waals surface area contributed by atoms with Crippen LogP contribution in [0, 0.1) is 0 Å². The van der Waals surface area contributed by atoms with Crippen LogP contribution in [0.1, 0.15) is 31.7 Å². The summed E-state index contributed by atoms with van der Waals surface area (Å²) in [5.74, 6) is -1.18. The molecular weight excluding hydrogens is 296 g/mol. The number of unbranched alkanes of at least 4 members (excludes halogenated alkanes) is 1. The fourth-order valence-corrected chi connectivity index (χ4v) is 2.09. The Morgan fingerprint density at radius 2 is 1.83 bits per heavy atom. The van der Waals surface area contributed by atoms with Gasteiger partial charge in [-0.1, -0.05) is 25.5 Å². The van der Waals surface area contributed by atoms with Crippen molar-refractivity contribution >= 4 is 17.6 Å². The first kappa shape index (κ1) is 19.0. The molecule has 1 atom stereocenters. The molecule has 1 aromatic rings. The van der Waals surface area contributed by atoms with Crippen molar-refractivity contribution < 1.29 is 19.1 Å². The third-order valence-electron chi connectivity index (χ3n) is 3.64. The third-order valence-corrected chi connectivity index (χ3v) is 3.64. The van der Waals surface area contributed by atoms with Crippen LogP contribution < -0.4 is 10.6 Å². The summed E-state index contributed by atoms with van der Waals surface area (Å²) in [6.45, 7) is 2.28. The number of ether oxygens (including phenoxy) is 2. The van der Waals surface area contributed by atoms with Crippen LogP contribution in [0.15, 0.2) is 24.3 Å². The van der Waals surface area contributed by atoms with Crippen molar-refractivity contribution in [1.29, 1.82) is 0 Å². The monoisotopic (exact) mass is 322 g/mol. The molecule has 0 bridgehead atoms. The highest BCUT2D eigenvalue weighted by Crippen LogP contribution is 2.27. The van der Waals surface area contributed by atoms with Gasteiger partial charge in [0, 0.05) is 19.8 Å². The van der Waals surface area contributed by atoms with Gasteiger partial charge in [-0.3, -0.25) is 4.79 Å². The number of anilines is 1. The highest BCUT2D eigenvalue weighted by atomic mass is 16.5. The number of esters is 2. The molecule has 0 amide bonds. The molecule has 0 aliphatic carbocycles. The van der Waals surface area contributed by atoms with Gasteiger partial charge >= 0.3 is 11.9 Å². The second kappa shape index (κ2) is 8.53. The summed E-state index contributed by atoms with van der Waals surface area (Å²) < 4.78 is 9.91. The van der Waals surface area contributed by atoms with E-state index in [9.17, 15) is 9.59 Å². The van der Waals surface area contributed by atoms with Crippen LogP contribution in [0.25, 0.3) is 0 Å². The number of carbonyl (C=O) groups is 2. The van der Waals surface area contributed by atoms with Gasteiger partial charge in [0.25, 0.3) is 0 Å². The summed E-state index contributed by atoms with van der Waals surface area (Å²) in [7, 11) is 5.09. The predicted molar refractivity (Wildman–Crippen MR) is 89.1 cm³/mol. The van der Waals surface area contributed by atoms with Gasteiger partial charge in [-0.25, -0.2) is 4.79 Å². The number of hydrogen-bond donors (Lipinski definition) is 1. The fourth-order valence-electron chi connectivity index (χ4n) is 2.09. The average Bonchev–Trinajstić information content (AvgIpc) is 2.54. The largest absolute Gasteiger partial charge is 0.469 e. The third kappa shape index (κ3) is 4.96. The molecule has 0 aliphatic rings. The Balaban J connectivity index is 3.07. The molecule has 0 spiro atoms. The van der Waals surface area contributed by atoms with Crippen LogP contribution in [0.3, 0.4) is 0 Å². The minimum Gasteiger partial charge on any atom is -0.469 e. The van der Waals surface area contributed by atoms with E-state index in [4.69, 9.17) is 10.5 Å². The van der Waals surface area contributed by atoms with Crippen molar-refractivity contribution in [1.82, 2.24) is 0 Å². The Labute approximate surface area is 137 Å². The van der Waals surface area contributed by atoms with Crippen molar-refractivity contribution in [3.8, 4) is 0 Å². The molecule has 0 heterocycles. The molecule has 6 nitrogen and oxygen atoms in total. The van der Waals surface area contributed by atoms with Crippen LogP contribution in [0.5, 0.6) is 0 Å². The smallest absolute Gasteiger partial charge is 0.331 e. The maximum absolute atomic E-state index is 12.4. The van der Waals surface area contributed by atoms with E-state index < -0.39 is 17.5 Å². The molecule has 128 valence electrons. The Morgan fingerprint density at radius 1 is 1.22 bits per heavy atom. The zero-order valence-corrected chi connectivity index (χ0v) is 14.3. The lowest BCUT2D eigenvalue weighted by Gasteiger charge is -2.27. The average molecular weight is 322 g/mol. The molecule has 0 aromatic heterocycles. The zero-order valence-electron chi connectivity index (χ0n) is 14.3. The summed E-state index contributed by atoms with van der Waals surface area (Å²) in [6, 6.07) is 7.15. The maximum atomic E-state index is 12.4. The van der Waals surface area contributed by atoms with Crippen molar-refractivity contribution in [2.75, 3.05) is 32.7 Å². The lowest BCUT2D eigenvalue weighted by atomic mass is 9.87. The highest BCUT2D eigenvalue weighted by Gasteiger charge is 2.40. The summed E-state index contributed by atoms with van der Waals surface area (Å²) >= 11 is 0. The number of methoxy groups -OCH3 is 1.